The summed E-state index contributed by atoms with van der Waals surface area (Å²) in [5.41, 5.74) is 6.94. The van der Waals surface area contributed by atoms with Crippen molar-refractivity contribution in [2.45, 2.75) is 13.3 Å². The Bertz CT molecular complexity index is 584. The van der Waals surface area contributed by atoms with E-state index < -0.39 is 0 Å². The second kappa shape index (κ2) is 5.45. The highest BCUT2D eigenvalue weighted by Gasteiger charge is 2.10. The average molecular weight is 327 g/mol. The van der Waals surface area contributed by atoms with Crippen molar-refractivity contribution in [1.29, 1.82) is 0 Å². The Morgan fingerprint density at radius 3 is 2.94 bits per heavy atom. The lowest BCUT2D eigenvalue weighted by Gasteiger charge is -2.05. The first-order chi connectivity index (χ1) is 8.58. The molecule has 1 amide bonds. The molecule has 0 unspecified atom stereocenters. The SMILES string of the molecule is CCc1cc(C(=O)Nc2ncc(Br)s2)cc(N)n1. The minimum absolute atomic E-state index is 0.236. The van der Waals surface area contributed by atoms with E-state index in [4.69, 9.17) is 5.73 Å². The number of rotatable bonds is 3. The summed E-state index contributed by atoms with van der Waals surface area (Å²) in [6, 6.07) is 3.28. The minimum atomic E-state index is -0.236. The molecule has 2 heterocycles. The summed E-state index contributed by atoms with van der Waals surface area (Å²) in [7, 11) is 0. The van der Waals surface area contributed by atoms with Crippen molar-refractivity contribution < 1.29 is 4.79 Å². The molecule has 2 aromatic rings. The molecule has 0 fully saturated rings. The summed E-state index contributed by atoms with van der Waals surface area (Å²) in [5.74, 6) is 0.112. The predicted molar refractivity (Wildman–Crippen MR) is 75.8 cm³/mol. The third kappa shape index (κ3) is 3.05. The van der Waals surface area contributed by atoms with Crippen LogP contribution in [-0.2, 0) is 6.42 Å². The maximum absolute atomic E-state index is 12.0. The zero-order chi connectivity index (χ0) is 13.1. The van der Waals surface area contributed by atoms with E-state index in [9.17, 15) is 4.79 Å². The fourth-order valence-electron chi connectivity index (χ4n) is 1.40. The third-order valence-corrected chi connectivity index (χ3v) is 3.61. The number of carbonyl (C=O) groups excluding carboxylic acids is 1. The lowest BCUT2D eigenvalue weighted by atomic mass is 10.2. The van der Waals surface area contributed by atoms with Crippen LogP contribution in [0.2, 0.25) is 0 Å². The lowest BCUT2D eigenvalue weighted by Crippen LogP contribution is -2.13. The Kier molecular flexibility index (Phi) is 3.93. The van der Waals surface area contributed by atoms with Crippen molar-refractivity contribution in [3.63, 3.8) is 0 Å². The highest BCUT2D eigenvalue weighted by Crippen LogP contribution is 2.23. The molecule has 0 saturated heterocycles. The summed E-state index contributed by atoms with van der Waals surface area (Å²) in [6.07, 6.45) is 2.37. The summed E-state index contributed by atoms with van der Waals surface area (Å²) in [4.78, 5) is 20.2. The fraction of sp³-hybridized carbons (Fsp3) is 0.182. The smallest absolute Gasteiger partial charge is 0.257 e. The van der Waals surface area contributed by atoms with Gasteiger partial charge in [0.05, 0.1) is 9.98 Å². The highest BCUT2D eigenvalue weighted by atomic mass is 79.9. The van der Waals surface area contributed by atoms with Crippen LogP contribution >= 0.6 is 27.3 Å². The van der Waals surface area contributed by atoms with Crippen molar-refractivity contribution in [2.24, 2.45) is 0 Å². The largest absolute Gasteiger partial charge is 0.384 e. The van der Waals surface area contributed by atoms with Crippen molar-refractivity contribution in [2.75, 3.05) is 11.1 Å². The molecule has 3 N–H and O–H groups in total. The molecule has 94 valence electrons. The zero-order valence-electron chi connectivity index (χ0n) is 9.61. The molecule has 0 aliphatic heterocycles. The maximum Gasteiger partial charge on any atom is 0.257 e. The van der Waals surface area contributed by atoms with Crippen LogP contribution in [0.4, 0.5) is 10.9 Å². The van der Waals surface area contributed by atoms with Gasteiger partial charge in [-0.2, -0.15) is 0 Å². The van der Waals surface area contributed by atoms with Crippen LogP contribution in [0.5, 0.6) is 0 Å². The van der Waals surface area contributed by atoms with Crippen molar-refractivity contribution >= 4 is 44.1 Å². The number of aryl methyl sites for hydroxylation is 1. The van der Waals surface area contributed by atoms with Crippen LogP contribution in [0.1, 0.15) is 23.0 Å². The van der Waals surface area contributed by atoms with Crippen molar-refractivity contribution in [1.82, 2.24) is 9.97 Å². The summed E-state index contributed by atoms with van der Waals surface area (Å²) >= 11 is 4.64. The topological polar surface area (TPSA) is 80.9 Å². The van der Waals surface area contributed by atoms with Crippen LogP contribution in [-0.4, -0.2) is 15.9 Å². The standard InChI is InChI=1S/C11H11BrN4OS/c1-2-7-3-6(4-9(13)15-7)10(17)16-11-14-5-8(12)18-11/h3-5H,2H2,1H3,(H2,13,15)(H,14,16,17). The number of hydrogen-bond acceptors (Lipinski definition) is 5. The van der Waals surface area contributed by atoms with Crippen LogP contribution in [0.25, 0.3) is 0 Å². The molecule has 5 nitrogen and oxygen atoms in total. The van der Waals surface area contributed by atoms with Crippen LogP contribution < -0.4 is 11.1 Å². The predicted octanol–water partition coefficient (Wildman–Crippen LogP) is 2.70. The number of hydrogen-bond donors (Lipinski definition) is 2. The second-order valence-corrected chi connectivity index (χ2v) is 5.96. The number of nitrogen functional groups attached to an aromatic ring is 1. The van der Waals surface area contributed by atoms with Gasteiger partial charge in [0.2, 0.25) is 0 Å². The van der Waals surface area contributed by atoms with E-state index in [2.05, 4.69) is 31.2 Å². The molecule has 0 radical (unpaired) electrons. The third-order valence-electron chi connectivity index (χ3n) is 2.22. The molecule has 0 aliphatic carbocycles. The average Bonchev–Trinajstić information content (AvgIpc) is 2.73. The van der Waals surface area contributed by atoms with Gasteiger partial charge in [-0.15, -0.1) is 0 Å². The molecule has 2 aromatic heterocycles. The molecule has 0 bridgehead atoms. The number of nitrogens with two attached hydrogens (primary N) is 1. The van der Waals surface area contributed by atoms with Gasteiger partial charge in [-0.25, -0.2) is 9.97 Å². The van der Waals surface area contributed by atoms with Gasteiger partial charge in [0.15, 0.2) is 5.13 Å². The number of aromatic nitrogens is 2. The minimum Gasteiger partial charge on any atom is -0.384 e. The van der Waals surface area contributed by atoms with Crippen LogP contribution in [0, 0.1) is 0 Å². The number of amides is 1. The van der Waals surface area contributed by atoms with Gasteiger partial charge in [-0.3, -0.25) is 10.1 Å². The number of thiazole rings is 1. The number of nitrogens with zero attached hydrogens (tertiary/aromatic N) is 2. The summed E-state index contributed by atoms with van der Waals surface area (Å²) < 4.78 is 0.862. The molecule has 18 heavy (non-hydrogen) atoms. The number of carbonyl (C=O) groups is 1. The van der Waals surface area contributed by atoms with Gasteiger partial charge >= 0.3 is 0 Å². The van der Waals surface area contributed by atoms with Gasteiger partial charge in [0, 0.05) is 11.3 Å². The van der Waals surface area contributed by atoms with Gasteiger partial charge in [0.1, 0.15) is 5.82 Å². The molecule has 7 heteroatoms. The van der Waals surface area contributed by atoms with E-state index in [1.165, 1.54) is 11.3 Å². The van der Waals surface area contributed by atoms with E-state index in [0.29, 0.717) is 16.5 Å². The Labute approximate surface area is 117 Å². The number of nitrogens with one attached hydrogen (secondary N) is 1. The Morgan fingerprint density at radius 1 is 1.56 bits per heavy atom. The number of pyridine rings is 1. The van der Waals surface area contributed by atoms with E-state index in [0.717, 1.165) is 15.9 Å². The number of anilines is 2. The van der Waals surface area contributed by atoms with Gasteiger partial charge in [-0.1, -0.05) is 18.3 Å². The van der Waals surface area contributed by atoms with Crippen LogP contribution in [0.15, 0.2) is 22.1 Å². The lowest BCUT2D eigenvalue weighted by molar-refractivity contribution is 0.102. The maximum atomic E-state index is 12.0. The Hall–Kier alpha value is -1.47. The molecule has 2 rings (SSSR count). The molecule has 0 spiro atoms. The van der Waals surface area contributed by atoms with E-state index in [1.54, 1.807) is 18.3 Å². The molecule has 0 atom stereocenters. The zero-order valence-corrected chi connectivity index (χ0v) is 12.0. The van der Waals surface area contributed by atoms with Gasteiger partial charge in [0.25, 0.3) is 5.91 Å². The van der Waals surface area contributed by atoms with Gasteiger partial charge < -0.3 is 5.73 Å². The first-order valence-corrected chi connectivity index (χ1v) is 6.88. The molecule has 0 aromatic carbocycles. The van der Waals surface area contributed by atoms with E-state index in [-0.39, 0.29) is 5.91 Å². The van der Waals surface area contributed by atoms with Crippen LogP contribution in [0.3, 0.4) is 0 Å². The molecule has 0 aliphatic rings. The van der Waals surface area contributed by atoms with Crippen molar-refractivity contribution in [3.8, 4) is 0 Å². The summed E-state index contributed by atoms with van der Waals surface area (Å²) in [6.45, 7) is 1.96. The molecular formula is C11H11BrN4OS. The first kappa shape index (κ1) is 13.0. The quantitative estimate of drug-likeness (QED) is 0.908. The molecular weight excluding hydrogens is 316 g/mol. The van der Waals surface area contributed by atoms with E-state index in [1.807, 2.05) is 6.92 Å². The van der Waals surface area contributed by atoms with Crippen molar-refractivity contribution in [3.05, 3.63) is 33.4 Å². The molecule has 0 saturated carbocycles. The Morgan fingerprint density at radius 2 is 2.33 bits per heavy atom. The second-order valence-electron chi connectivity index (χ2n) is 3.55. The van der Waals surface area contributed by atoms with E-state index >= 15 is 0 Å². The monoisotopic (exact) mass is 326 g/mol. The first-order valence-electron chi connectivity index (χ1n) is 5.27. The highest BCUT2D eigenvalue weighted by molar-refractivity contribution is 9.11. The Balaban J connectivity index is 2.20. The summed E-state index contributed by atoms with van der Waals surface area (Å²) in [5, 5.41) is 3.25. The fourth-order valence-corrected chi connectivity index (χ4v) is 2.51. The van der Waals surface area contributed by atoms with Gasteiger partial charge in [-0.05, 0) is 34.5 Å². The number of halogens is 1. The normalized spacial score (nSPS) is 10.3.